The van der Waals surface area contributed by atoms with Crippen LogP contribution in [0, 0.1) is 0 Å². The summed E-state index contributed by atoms with van der Waals surface area (Å²) in [6.07, 6.45) is 12.8. The van der Waals surface area contributed by atoms with E-state index < -0.39 is 18.0 Å². The van der Waals surface area contributed by atoms with Crippen molar-refractivity contribution in [2.75, 3.05) is 65.9 Å². The number of carbonyl (C=O) groups excluding carboxylic acids is 4. The van der Waals surface area contributed by atoms with Crippen LogP contribution < -0.4 is 16.0 Å². The minimum absolute atomic E-state index is 0.0202. The van der Waals surface area contributed by atoms with Gasteiger partial charge in [0.05, 0.1) is 39.6 Å². The molecule has 0 heterocycles. The van der Waals surface area contributed by atoms with Crippen LogP contribution >= 0.6 is 0 Å². The lowest BCUT2D eigenvalue weighted by Crippen LogP contribution is -2.41. The van der Waals surface area contributed by atoms with E-state index in [9.17, 15) is 33.9 Å². The number of carboxylic acid groups (broad SMARTS) is 2. The lowest BCUT2D eigenvalue weighted by molar-refractivity contribution is -0.142. The van der Waals surface area contributed by atoms with Crippen molar-refractivity contribution < 1.29 is 57.9 Å². The summed E-state index contributed by atoms with van der Waals surface area (Å²) < 4.78 is 20.9. The Bertz CT molecular complexity index is 919. The monoisotopic (exact) mass is 703 g/mol. The topological polar surface area (TPSA) is 216 Å². The van der Waals surface area contributed by atoms with E-state index in [0.717, 1.165) is 51.4 Å². The Morgan fingerprint density at radius 3 is 1.45 bits per heavy atom. The average molecular weight is 704 g/mol. The molecule has 0 radical (unpaired) electrons. The zero-order chi connectivity index (χ0) is 36.4. The molecule has 0 saturated heterocycles. The Balaban J connectivity index is 3.68. The number of carboxylic acids is 2. The van der Waals surface area contributed by atoms with E-state index in [-0.39, 0.29) is 88.8 Å². The van der Waals surface area contributed by atoms with Crippen LogP contribution in [0.4, 0.5) is 0 Å². The minimum Gasteiger partial charge on any atom is -0.481 e. The fourth-order valence-corrected chi connectivity index (χ4v) is 4.61. The molecule has 1 unspecified atom stereocenters. The van der Waals surface area contributed by atoms with E-state index in [4.69, 9.17) is 24.1 Å². The zero-order valence-corrected chi connectivity index (χ0v) is 29.4. The summed E-state index contributed by atoms with van der Waals surface area (Å²) in [5.41, 5.74) is 0. The highest BCUT2D eigenvalue weighted by molar-refractivity contribution is 5.84. The molecule has 0 rings (SSSR count). The lowest BCUT2D eigenvalue weighted by Gasteiger charge is -2.14. The predicted molar refractivity (Wildman–Crippen MR) is 181 cm³/mol. The molecule has 5 N–H and O–H groups in total. The molecule has 0 saturated carbocycles. The summed E-state index contributed by atoms with van der Waals surface area (Å²) >= 11 is 0. The molecular formula is C34H61N3O12. The van der Waals surface area contributed by atoms with Crippen LogP contribution in [0.2, 0.25) is 0 Å². The molecule has 0 fully saturated rings. The van der Waals surface area contributed by atoms with Crippen molar-refractivity contribution in [1.82, 2.24) is 16.0 Å². The molecule has 0 aromatic heterocycles. The third-order valence-electron chi connectivity index (χ3n) is 7.26. The summed E-state index contributed by atoms with van der Waals surface area (Å²) in [5, 5.41) is 25.9. The second-order valence-electron chi connectivity index (χ2n) is 11.9. The first kappa shape index (κ1) is 45.9. The van der Waals surface area contributed by atoms with Crippen molar-refractivity contribution >= 4 is 35.4 Å². The van der Waals surface area contributed by atoms with Crippen molar-refractivity contribution in [3.63, 3.8) is 0 Å². The van der Waals surface area contributed by atoms with Crippen molar-refractivity contribution in [3.8, 4) is 0 Å². The number of nitrogens with one attached hydrogen (secondary N) is 3. The molecule has 15 nitrogen and oxygen atoms in total. The fraction of sp³-hybridized carbons (Fsp3) is 0.824. The summed E-state index contributed by atoms with van der Waals surface area (Å²) in [5.74, 6) is -2.94. The molecule has 1 atom stereocenters. The van der Waals surface area contributed by atoms with Gasteiger partial charge in [-0.3, -0.25) is 24.0 Å². The number of amides is 3. The van der Waals surface area contributed by atoms with Crippen molar-refractivity contribution in [2.45, 2.75) is 116 Å². The maximum Gasteiger partial charge on any atom is 0.326 e. The molecule has 3 amide bonds. The lowest BCUT2D eigenvalue weighted by atomic mass is 10.0. The number of hydrogen-bond donors (Lipinski definition) is 5. The standard InChI is InChI=1S/C34H61N3O12/c1-28(38)26-48-24-22-47-21-19-36-32(41)27-49-25-23-46-20-18-35-30(39)17-16-29(34(44)45)37-31(40)14-12-10-8-6-4-2-3-5-7-9-11-13-15-33(42)43/h29H,2-27H2,1H3,(H,35,39)(H,36,41)(H,37,40)(H,42,43)(H,44,45). The number of unbranched alkanes of at least 4 members (excludes halogenated alkanes) is 11. The van der Waals surface area contributed by atoms with Crippen LogP contribution in [0.15, 0.2) is 0 Å². The van der Waals surface area contributed by atoms with Crippen LogP contribution in [-0.2, 0) is 47.7 Å². The zero-order valence-electron chi connectivity index (χ0n) is 29.4. The van der Waals surface area contributed by atoms with E-state index in [0.29, 0.717) is 32.8 Å². The first-order valence-corrected chi connectivity index (χ1v) is 17.7. The second-order valence-corrected chi connectivity index (χ2v) is 11.9. The van der Waals surface area contributed by atoms with E-state index in [2.05, 4.69) is 16.0 Å². The Labute approximate surface area is 290 Å². The molecule has 0 bridgehead atoms. The number of ketones is 1. The van der Waals surface area contributed by atoms with E-state index in [1.807, 2.05) is 0 Å². The molecule has 49 heavy (non-hydrogen) atoms. The highest BCUT2D eigenvalue weighted by atomic mass is 16.5. The summed E-state index contributed by atoms with van der Waals surface area (Å²) in [6.45, 7) is 3.45. The fourth-order valence-electron chi connectivity index (χ4n) is 4.61. The molecular weight excluding hydrogens is 642 g/mol. The highest BCUT2D eigenvalue weighted by Gasteiger charge is 2.20. The summed E-state index contributed by atoms with van der Waals surface area (Å²) in [7, 11) is 0. The predicted octanol–water partition coefficient (Wildman–Crippen LogP) is 2.77. The van der Waals surface area contributed by atoms with Gasteiger partial charge in [-0.25, -0.2) is 4.79 Å². The van der Waals surface area contributed by atoms with Gasteiger partial charge in [-0.05, 0) is 26.2 Å². The van der Waals surface area contributed by atoms with Gasteiger partial charge in [0.1, 0.15) is 19.3 Å². The van der Waals surface area contributed by atoms with Gasteiger partial charge in [-0.2, -0.15) is 0 Å². The van der Waals surface area contributed by atoms with Gasteiger partial charge in [0.25, 0.3) is 0 Å². The Kier molecular flexibility index (Phi) is 31.2. The van der Waals surface area contributed by atoms with Crippen molar-refractivity contribution in [1.29, 1.82) is 0 Å². The minimum atomic E-state index is -1.18. The van der Waals surface area contributed by atoms with E-state index in [1.54, 1.807) is 0 Å². The van der Waals surface area contributed by atoms with Gasteiger partial charge in [0, 0.05) is 32.4 Å². The van der Waals surface area contributed by atoms with Crippen LogP contribution in [0.5, 0.6) is 0 Å². The number of Topliss-reactive ketones (excluding diaryl/α,β-unsaturated/α-hetero) is 1. The molecule has 0 aromatic rings. The van der Waals surface area contributed by atoms with Gasteiger partial charge in [0.15, 0.2) is 5.78 Å². The maximum atomic E-state index is 12.2. The largest absolute Gasteiger partial charge is 0.481 e. The summed E-state index contributed by atoms with van der Waals surface area (Å²) in [4.78, 5) is 68.9. The number of carbonyl (C=O) groups is 6. The molecule has 0 aliphatic carbocycles. The van der Waals surface area contributed by atoms with Gasteiger partial charge in [-0.15, -0.1) is 0 Å². The number of rotatable bonds is 36. The molecule has 0 aliphatic heterocycles. The smallest absolute Gasteiger partial charge is 0.326 e. The Morgan fingerprint density at radius 1 is 0.510 bits per heavy atom. The van der Waals surface area contributed by atoms with Crippen LogP contribution in [0.1, 0.15) is 110 Å². The van der Waals surface area contributed by atoms with Gasteiger partial charge >= 0.3 is 11.9 Å². The SMILES string of the molecule is CC(=O)COCCOCCNC(=O)COCCOCCNC(=O)CCC(NC(=O)CCCCCCCCCCCCCCC(=O)O)C(=O)O. The normalized spacial score (nSPS) is 11.5. The van der Waals surface area contributed by atoms with Gasteiger partial charge in [0.2, 0.25) is 17.7 Å². The average Bonchev–Trinajstić information content (AvgIpc) is 3.05. The Morgan fingerprint density at radius 2 is 0.959 bits per heavy atom. The van der Waals surface area contributed by atoms with Crippen molar-refractivity contribution in [2.24, 2.45) is 0 Å². The maximum absolute atomic E-state index is 12.2. The third kappa shape index (κ3) is 34.5. The quantitative estimate of drug-likeness (QED) is 0.0596. The number of ether oxygens (including phenoxy) is 4. The van der Waals surface area contributed by atoms with Crippen LogP contribution in [-0.4, -0.2) is 118 Å². The van der Waals surface area contributed by atoms with E-state index >= 15 is 0 Å². The number of hydrogen-bond acceptors (Lipinski definition) is 10. The third-order valence-corrected chi connectivity index (χ3v) is 7.26. The number of aliphatic carboxylic acids is 2. The van der Waals surface area contributed by atoms with Gasteiger partial charge in [-0.1, -0.05) is 64.2 Å². The van der Waals surface area contributed by atoms with E-state index in [1.165, 1.54) is 26.2 Å². The molecule has 15 heteroatoms. The van der Waals surface area contributed by atoms with Crippen LogP contribution in [0.3, 0.4) is 0 Å². The molecule has 0 aromatic carbocycles. The van der Waals surface area contributed by atoms with Crippen molar-refractivity contribution in [3.05, 3.63) is 0 Å². The van der Waals surface area contributed by atoms with Crippen LogP contribution in [0.25, 0.3) is 0 Å². The highest BCUT2D eigenvalue weighted by Crippen LogP contribution is 2.13. The Hall–Kier alpha value is -3.14. The molecule has 0 aliphatic rings. The second kappa shape index (κ2) is 33.4. The molecule has 284 valence electrons. The van der Waals surface area contributed by atoms with Gasteiger partial charge < -0.3 is 45.1 Å². The first-order valence-electron chi connectivity index (χ1n) is 17.7. The molecule has 0 spiro atoms. The summed E-state index contributed by atoms with van der Waals surface area (Å²) in [6, 6.07) is -1.13. The first-order chi connectivity index (χ1) is 23.6.